The molecule has 2 aromatic carbocycles. The quantitative estimate of drug-likeness (QED) is 0.531. The lowest BCUT2D eigenvalue weighted by molar-refractivity contribution is -0.153. The molecule has 184 valence electrons. The molecule has 0 saturated carbocycles. The monoisotopic (exact) mass is 478 g/mol. The molecule has 0 spiro atoms. The van der Waals surface area contributed by atoms with Crippen molar-refractivity contribution in [3.8, 4) is 17.2 Å². The lowest BCUT2D eigenvalue weighted by atomic mass is 9.82. The molecule has 1 fully saturated rings. The van der Waals surface area contributed by atoms with Crippen LogP contribution in [0.2, 0.25) is 0 Å². The Kier molecular flexibility index (Phi) is 7.36. The third-order valence-electron chi connectivity index (χ3n) is 6.62. The number of fused-ring (bicyclic) bond motifs is 1. The Labute approximate surface area is 203 Å². The first-order chi connectivity index (χ1) is 16.9. The van der Waals surface area contributed by atoms with Gasteiger partial charge in [-0.25, -0.2) is 4.79 Å². The molecule has 9 nitrogen and oxygen atoms in total. The molecule has 1 saturated heterocycles. The molecule has 3 atom stereocenters. The van der Waals surface area contributed by atoms with Gasteiger partial charge in [0.2, 0.25) is 0 Å². The summed E-state index contributed by atoms with van der Waals surface area (Å²) in [6, 6.07) is 15.6. The number of primary amides is 1. The highest BCUT2D eigenvalue weighted by Gasteiger charge is 2.46. The number of nitrogens with two attached hydrogens (primary N) is 1. The topological polar surface area (TPSA) is 133 Å². The Bertz CT molecular complexity index is 1280. The highest BCUT2D eigenvalue weighted by atomic mass is 16.5. The van der Waals surface area contributed by atoms with E-state index in [0.717, 1.165) is 16.7 Å². The normalized spacial score (nSPS) is 21.7. The van der Waals surface area contributed by atoms with Crippen LogP contribution in [0.15, 0.2) is 51.7 Å². The summed E-state index contributed by atoms with van der Waals surface area (Å²) in [5.74, 6) is -1.82. The summed E-state index contributed by atoms with van der Waals surface area (Å²) in [5, 5.41) is 13.2. The zero-order valence-corrected chi connectivity index (χ0v) is 20.0. The fraction of sp³-hybridized carbons (Fsp3) is 0.423. The van der Waals surface area contributed by atoms with Gasteiger partial charge in [0, 0.05) is 26.7 Å². The van der Waals surface area contributed by atoms with Gasteiger partial charge >= 0.3 is 5.76 Å². The molecule has 35 heavy (non-hydrogen) atoms. The number of rotatable bonds is 7. The van der Waals surface area contributed by atoms with Gasteiger partial charge in [0.05, 0.1) is 30.2 Å². The predicted molar refractivity (Wildman–Crippen MR) is 130 cm³/mol. The minimum absolute atomic E-state index is 0.0114. The molecule has 3 aromatic rings. The average molecular weight is 479 g/mol. The van der Waals surface area contributed by atoms with Crippen LogP contribution in [0.3, 0.4) is 0 Å². The lowest BCUT2D eigenvalue weighted by Gasteiger charge is -2.37. The maximum absolute atomic E-state index is 12.6. The molecule has 0 radical (unpaired) electrons. The number of nitrogens with one attached hydrogen (secondary N) is 1. The molecule has 1 amide bonds. The number of aromatic nitrogens is 1. The van der Waals surface area contributed by atoms with E-state index in [1.165, 1.54) is 4.57 Å². The second kappa shape index (κ2) is 10.4. The van der Waals surface area contributed by atoms with E-state index < -0.39 is 23.2 Å². The fourth-order valence-corrected chi connectivity index (χ4v) is 4.57. The van der Waals surface area contributed by atoms with Crippen LogP contribution in [0.25, 0.3) is 22.2 Å². The standard InChI is InChI=1S/C26H30N4O5/c1-3-33-21-10-11-34-26(24(28)31,16-29-15-21)20(14-27)12-17-4-6-18(7-5-17)19-8-9-23-22(13-19)30(2)25(32)35-23/h4-9,13,20-21,29H,3,10-12,15-16H2,1-2H3,(H2,28,31)/t20-,21?,26?/m0/s1. The summed E-state index contributed by atoms with van der Waals surface area (Å²) >= 11 is 0. The largest absolute Gasteiger partial charge is 0.419 e. The molecule has 0 aliphatic carbocycles. The Morgan fingerprint density at radius 1 is 1.31 bits per heavy atom. The van der Waals surface area contributed by atoms with Crippen molar-refractivity contribution in [2.75, 3.05) is 26.3 Å². The number of nitrogens with zero attached hydrogens (tertiary/aromatic N) is 2. The van der Waals surface area contributed by atoms with E-state index in [-0.39, 0.29) is 19.3 Å². The molecule has 0 bridgehead atoms. The smallest absolute Gasteiger partial charge is 0.408 e. The minimum Gasteiger partial charge on any atom is -0.408 e. The van der Waals surface area contributed by atoms with E-state index in [2.05, 4.69) is 11.4 Å². The van der Waals surface area contributed by atoms with Crippen LogP contribution in [0, 0.1) is 17.2 Å². The van der Waals surface area contributed by atoms with Gasteiger partial charge in [-0.05, 0) is 48.6 Å². The van der Waals surface area contributed by atoms with Gasteiger partial charge in [0.1, 0.15) is 0 Å². The SMILES string of the molecule is CCOC1CCOC(C(N)=O)([C@H](C#N)Cc2ccc(-c3ccc4oc(=O)n(C)c4c3)cc2)CNC1. The summed E-state index contributed by atoms with van der Waals surface area (Å²) in [5.41, 5.74) is 8.38. The Morgan fingerprint density at radius 2 is 2.06 bits per heavy atom. The zero-order valence-electron chi connectivity index (χ0n) is 20.0. The number of nitriles is 1. The average Bonchev–Trinajstić information content (AvgIpc) is 3.12. The lowest BCUT2D eigenvalue weighted by Crippen LogP contribution is -2.60. The van der Waals surface area contributed by atoms with Crippen molar-refractivity contribution in [2.45, 2.75) is 31.5 Å². The zero-order chi connectivity index (χ0) is 25.0. The van der Waals surface area contributed by atoms with Crippen molar-refractivity contribution in [3.05, 3.63) is 58.6 Å². The summed E-state index contributed by atoms with van der Waals surface area (Å²) in [6.45, 7) is 3.52. The number of carbonyl (C=O) groups is 1. The maximum Gasteiger partial charge on any atom is 0.419 e. The van der Waals surface area contributed by atoms with Gasteiger partial charge in [-0.15, -0.1) is 0 Å². The molecule has 2 heterocycles. The molecule has 1 aliphatic heterocycles. The van der Waals surface area contributed by atoms with Crippen molar-refractivity contribution in [1.82, 2.24) is 9.88 Å². The van der Waals surface area contributed by atoms with Crippen LogP contribution in [0.4, 0.5) is 0 Å². The summed E-state index contributed by atoms with van der Waals surface area (Å²) in [6.07, 6.45) is 0.906. The van der Waals surface area contributed by atoms with Crippen LogP contribution in [0.5, 0.6) is 0 Å². The van der Waals surface area contributed by atoms with E-state index in [1.807, 2.05) is 43.3 Å². The van der Waals surface area contributed by atoms with Gasteiger partial charge < -0.3 is 24.9 Å². The summed E-state index contributed by atoms with van der Waals surface area (Å²) in [7, 11) is 1.67. The molecule has 2 unspecified atom stereocenters. The van der Waals surface area contributed by atoms with Gasteiger partial charge in [0.25, 0.3) is 5.91 Å². The van der Waals surface area contributed by atoms with Crippen molar-refractivity contribution in [3.63, 3.8) is 0 Å². The van der Waals surface area contributed by atoms with E-state index in [4.69, 9.17) is 19.6 Å². The van der Waals surface area contributed by atoms with Gasteiger partial charge in [0.15, 0.2) is 11.2 Å². The van der Waals surface area contributed by atoms with Crippen LogP contribution >= 0.6 is 0 Å². The van der Waals surface area contributed by atoms with Crippen LogP contribution < -0.4 is 16.8 Å². The van der Waals surface area contributed by atoms with E-state index in [9.17, 15) is 14.9 Å². The molecule has 3 N–H and O–H groups in total. The van der Waals surface area contributed by atoms with Gasteiger partial charge in [-0.2, -0.15) is 5.26 Å². The number of hydrogen-bond acceptors (Lipinski definition) is 7. The van der Waals surface area contributed by atoms with Crippen molar-refractivity contribution in [2.24, 2.45) is 18.7 Å². The van der Waals surface area contributed by atoms with Crippen molar-refractivity contribution in [1.29, 1.82) is 5.26 Å². The van der Waals surface area contributed by atoms with Crippen LogP contribution in [0.1, 0.15) is 18.9 Å². The molecular formula is C26H30N4O5. The number of benzene rings is 2. The second-order valence-corrected chi connectivity index (χ2v) is 8.79. The molecular weight excluding hydrogens is 448 g/mol. The highest BCUT2D eigenvalue weighted by molar-refractivity contribution is 5.85. The van der Waals surface area contributed by atoms with Crippen molar-refractivity contribution >= 4 is 17.0 Å². The number of hydrogen-bond donors (Lipinski definition) is 2. The molecule has 1 aromatic heterocycles. The van der Waals surface area contributed by atoms with Crippen LogP contribution in [-0.2, 0) is 27.7 Å². The van der Waals surface area contributed by atoms with E-state index in [0.29, 0.717) is 37.1 Å². The number of ether oxygens (including phenoxy) is 2. The van der Waals surface area contributed by atoms with Crippen LogP contribution in [-0.4, -0.2) is 48.5 Å². The highest BCUT2D eigenvalue weighted by Crippen LogP contribution is 2.29. The third-order valence-corrected chi connectivity index (χ3v) is 6.62. The number of carbonyl (C=O) groups excluding carboxylic acids is 1. The molecule has 9 heteroatoms. The predicted octanol–water partition coefficient (Wildman–Crippen LogP) is 2.12. The van der Waals surface area contributed by atoms with E-state index in [1.54, 1.807) is 13.1 Å². The fourth-order valence-electron chi connectivity index (χ4n) is 4.57. The van der Waals surface area contributed by atoms with Crippen molar-refractivity contribution < 1.29 is 18.7 Å². The number of oxazole rings is 1. The van der Waals surface area contributed by atoms with E-state index >= 15 is 0 Å². The van der Waals surface area contributed by atoms with Gasteiger partial charge in [-0.3, -0.25) is 9.36 Å². The molecule has 1 aliphatic rings. The Balaban J connectivity index is 1.53. The number of amides is 1. The number of aryl methyl sites for hydroxylation is 1. The second-order valence-electron chi connectivity index (χ2n) is 8.79. The van der Waals surface area contributed by atoms with Gasteiger partial charge in [-0.1, -0.05) is 30.3 Å². The Hall–Kier alpha value is -3.45. The molecule has 4 rings (SSSR count). The minimum atomic E-state index is -1.43. The maximum atomic E-state index is 12.6. The Morgan fingerprint density at radius 3 is 2.74 bits per heavy atom. The first-order valence-corrected chi connectivity index (χ1v) is 11.7. The summed E-state index contributed by atoms with van der Waals surface area (Å²) < 4.78 is 18.3. The summed E-state index contributed by atoms with van der Waals surface area (Å²) in [4.78, 5) is 24.3. The first kappa shape index (κ1) is 24.7. The first-order valence-electron chi connectivity index (χ1n) is 11.7. The third kappa shape index (κ3) is 5.00.